The lowest BCUT2D eigenvalue weighted by atomic mass is 10.0. The van der Waals surface area contributed by atoms with Crippen molar-refractivity contribution < 1.29 is 17.9 Å². The van der Waals surface area contributed by atoms with E-state index in [1.165, 1.54) is 12.1 Å². The van der Waals surface area contributed by atoms with Crippen molar-refractivity contribution in [2.45, 2.75) is 24.9 Å². The second-order valence-corrected chi connectivity index (χ2v) is 5.92. The molecule has 112 valence electrons. The van der Waals surface area contributed by atoms with Crippen LogP contribution >= 0.6 is 11.3 Å². The van der Waals surface area contributed by atoms with Gasteiger partial charge in [-0.05, 0) is 25.0 Å². The second kappa shape index (κ2) is 5.77. The summed E-state index contributed by atoms with van der Waals surface area (Å²) >= 11 is 1.57. The predicted molar refractivity (Wildman–Crippen MR) is 75.3 cm³/mol. The Morgan fingerprint density at radius 3 is 2.38 bits per heavy atom. The van der Waals surface area contributed by atoms with Gasteiger partial charge in [0, 0.05) is 30.1 Å². The van der Waals surface area contributed by atoms with Crippen LogP contribution in [-0.2, 0) is 10.9 Å². The van der Waals surface area contributed by atoms with Gasteiger partial charge in [0.25, 0.3) is 0 Å². The smallest absolute Gasteiger partial charge is 0.381 e. The highest BCUT2D eigenvalue weighted by atomic mass is 32.1. The second-order valence-electron chi connectivity index (χ2n) is 5.03. The van der Waals surface area contributed by atoms with Gasteiger partial charge in [0.1, 0.15) is 0 Å². The van der Waals surface area contributed by atoms with Gasteiger partial charge in [-0.15, -0.1) is 11.3 Å². The Labute approximate surface area is 124 Å². The third-order valence-corrected chi connectivity index (χ3v) is 4.61. The van der Waals surface area contributed by atoms with Crippen molar-refractivity contribution in [1.82, 2.24) is 4.98 Å². The van der Waals surface area contributed by atoms with E-state index in [9.17, 15) is 13.2 Å². The Hall–Kier alpha value is -1.40. The van der Waals surface area contributed by atoms with E-state index in [2.05, 4.69) is 4.98 Å². The van der Waals surface area contributed by atoms with Crippen LogP contribution in [0, 0.1) is 0 Å². The van der Waals surface area contributed by atoms with E-state index in [1.54, 1.807) is 11.3 Å². The first kappa shape index (κ1) is 14.5. The first-order chi connectivity index (χ1) is 10.0. The highest BCUT2D eigenvalue weighted by molar-refractivity contribution is 7.10. The number of hydrogen-bond acceptors (Lipinski definition) is 3. The fourth-order valence-corrected chi connectivity index (χ4v) is 3.38. The van der Waals surface area contributed by atoms with Gasteiger partial charge in [-0.1, -0.05) is 12.1 Å². The molecule has 0 radical (unpaired) electrons. The molecule has 1 aliphatic heterocycles. The number of alkyl halides is 3. The van der Waals surface area contributed by atoms with Gasteiger partial charge in [-0.2, -0.15) is 13.2 Å². The largest absolute Gasteiger partial charge is 0.416 e. The molecule has 3 rings (SSSR count). The highest BCUT2D eigenvalue weighted by Gasteiger charge is 2.30. The quantitative estimate of drug-likeness (QED) is 0.800. The third kappa shape index (κ3) is 3.27. The lowest BCUT2D eigenvalue weighted by molar-refractivity contribution is -0.137. The molecule has 0 saturated carbocycles. The average Bonchev–Trinajstić information content (AvgIpc) is 2.97. The monoisotopic (exact) mass is 313 g/mol. The normalized spacial score (nSPS) is 17.1. The highest BCUT2D eigenvalue weighted by Crippen LogP contribution is 2.34. The summed E-state index contributed by atoms with van der Waals surface area (Å²) in [6, 6.07) is 5.16. The molecule has 6 heteroatoms. The number of ether oxygens (including phenoxy) is 1. The van der Waals surface area contributed by atoms with Crippen molar-refractivity contribution in [3.05, 3.63) is 40.2 Å². The van der Waals surface area contributed by atoms with Crippen LogP contribution < -0.4 is 0 Å². The molecule has 0 bridgehead atoms. The first-order valence-electron chi connectivity index (χ1n) is 6.75. The number of hydrogen-bond donors (Lipinski definition) is 0. The fraction of sp³-hybridized carbons (Fsp3) is 0.400. The van der Waals surface area contributed by atoms with Crippen molar-refractivity contribution in [3.8, 4) is 11.3 Å². The van der Waals surface area contributed by atoms with E-state index in [0.717, 1.165) is 54.5 Å². The standard InChI is InChI=1S/C15H14F3NOS/c16-15(17,18)12-3-1-10(2-4-12)13-9-21-14(19-13)11-5-7-20-8-6-11/h1-4,9,11H,5-8H2. The lowest BCUT2D eigenvalue weighted by Crippen LogP contribution is -2.13. The minimum Gasteiger partial charge on any atom is -0.381 e. The Bertz CT molecular complexity index is 600. The zero-order valence-electron chi connectivity index (χ0n) is 11.2. The molecule has 1 saturated heterocycles. The third-order valence-electron chi connectivity index (χ3n) is 3.60. The van der Waals surface area contributed by atoms with Crippen LogP contribution in [0.4, 0.5) is 13.2 Å². The zero-order valence-corrected chi connectivity index (χ0v) is 12.0. The molecular formula is C15H14F3NOS. The number of aromatic nitrogens is 1. The van der Waals surface area contributed by atoms with Crippen LogP contribution in [0.2, 0.25) is 0 Å². The topological polar surface area (TPSA) is 22.1 Å². The van der Waals surface area contributed by atoms with E-state index in [1.807, 2.05) is 5.38 Å². The van der Waals surface area contributed by atoms with E-state index in [4.69, 9.17) is 4.74 Å². The van der Waals surface area contributed by atoms with Crippen molar-refractivity contribution >= 4 is 11.3 Å². The molecule has 0 N–H and O–H groups in total. The summed E-state index contributed by atoms with van der Waals surface area (Å²) in [7, 11) is 0. The van der Waals surface area contributed by atoms with Gasteiger partial charge in [0.15, 0.2) is 0 Å². The maximum absolute atomic E-state index is 12.5. The Morgan fingerprint density at radius 1 is 1.10 bits per heavy atom. The number of rotatable bonds is 2. The molecule has 1 aromatic carbocycles. The van der Waals surface area contributed by atoms with Crippen molar-refractivity contribution in [2.75, 3.05) is 13.2 Å². The minimum atomic E-state index is -4.30. The fourth-order valence-electron chi connectivity index (χ4n) is 2.38. The van der Waals surface area contributed by atoms with Crippen molar-refractivity contribution in [3.63, 3.8) is 0 Å². The van der Waals surface area contributed by atoms with Gasteiger partial charge >= 0.3 is 6.18 Å². The molecule has 1 fully saturated rings. The summed E-state index contributed by atoms with van der Waals surface area (Å²) in [5, 5.41) is 2.96. The molecule has 0 aliphatic carbocycles. The van der Waals surface area contributed by atoms with E-state index < -0.39 is 11.7 Å². The summed E-state index contributed by atoms with van der Waals surface area (Å²) in [6.45, 7) is 1.50. The Balaban J connectivity index is 1.79. The lowest BCUT2D eigenvalue weighted by Gasteiger charge is -2.19. The summed E-state index contributed by atoms with van der Waals surface area (Å²) < 4.78 is 43.0. The van der Waals surface area contributed by atoms with Gasteiger partial charge in [0.2, 0.25) is 0 Å². The molecule has 2 heterocycles. The summed E-state index contributed by atoms with van der Waals surface area (Å²) in [5.74, 6) is 0.409. The van der Waals surface area contributed by atoms with E-state index in [-0.39, 0.29) is 0 Å². The van der Waals surface area contributed by atoms with Crippen LogP contribution in [0.5, 0.6) is 0 Å². The molecular weight excluding hydrogens is 299 g/mol. The molecule has 21 heavy (non-hydrogen) atoms. The van der Waals surface area contributed by atoms with E-state index in [0.29, 0.717) is 5.92 Å². The number of thiazole rings is 1. The SMILES string of the molecule is FC(F)(F)c1ccc(-c2csc(C3CCOCC3)n2)cc1. The van der Waals surface area contributed by atoms with Gasteiger partial charge in [-0.25, -0.2) is 4.98 Å². The number of nitrogens with zero attached hydrogens (tertiary/aromatic N) is 1. The van der Waals surface area contributed by atoms with Crippen LogP contribution in [0.3, 0.4) is 0 Å². The maximum atomic E-state index is 12.5. The van der Waals surface area contributed by atoms with E-state index >= 15 is 0 Å². The number of halogens is 3. The molecule has 0 atom stereocenters. The first-order valence-corrected chi connectivity index (χ1v) is 7.63. The Morgan fingerprint density at radius 2 is 1.76 bits per heavy atom. The summed E-state index contributed by atoms with van der Waals surface area (Å²) in [6.07, 6.45) is -2.38. The van der Waals surface area contributed by atoms with Crippen molar-refractivity contribution in [2.24, 2.45) is 0 Å². The van der Waals surface area contributed by atoms with Crippen LogP contribution in [-0.4, -0.2) is 18.2 Å². The van der Waals surface area contributed by atoms with Gasteiger partial charge < -0.3 is 4.74 Å². The molecule has 0 amide bonds. The molecule has 2 aromatic rings. The summed E-state index contributed by atoms with van der Waals surface area (Å²) in [4.78, 5) is 4.58. The molecule has 1 aliphatic rings. The summed E-state index contributed by atoms with van der Waals surface area (Å²) in [5.41, 5.74) is 0.832. The average molecular weight is 313 g/mol. The van der Waals surface area contributed by atoms with Crippen LogP contribution in [0.1, 0.15) is 29.3 Å². The van der Waals surface area contributed by atoms with Crippen molar-refractivity contribution in [1.29, 1.82) is 0 Å². The van der Waals surface area contributed by atoms with Crippen LogP contribution in [0.25, 0.3) is 11.3 Å². The number of benzene rings is 1. The van der Waals surface area contributed by atoms with Crippen LogP contribution in [0.15, 0.2) is 29.6 Å². The molecule has 2 nitrogen and oxygen atoms in total. The molecule has 0 unspecified atom stereocenters. The minimum absolute atomic E-state index is 0.409. The predicted octanol–water partition coefficient (Wildman–Crippen LogP) is 4.72. The Kier molecular flexibility index (Phi) is 3.99. The zero-order chi connectivity index (χ0) is 14.9. The molecule has 1 aromatic heterocycles. The van der Waals surface area contributed by atoms with Gasteiger partial charge in [-0.3, -0.25) is 0 Å². The molecule has 0 spiro atoms. The maximum Gasteiger partial charge on any atom is 0.416 e. The van der Waals surface area contributed by atoms with Gasteiger partial charge in [0.05, 0.1) is 16.3 Å².